The molecule has 0 radical (unpaired) electrons. The molecule has 158 valence electrons. The van der Waals surface area contributed by atoms with Crippen LogP contribution in [-0.2, 0) is 14.4 Å². The number of aryl methyl sites for hydroxylation is 1. The van der Waals surface area contributed by atoms with Crippen molar-refractivity contribution in [1.29, 1.82) is 0 Å². The monoisotopic (exact) mass is 430 g/mol. The predicted octanol–water partition coefficient (Wildman–Crippen LogP) is 3.42. The van der Waals surface area contributed by atoms with Gasteiger partial charge in [-0.3, -0.25) is 14.4 Å². The second-order valence-electron chi connectivity index (χ2n) is 6.58. The molecule has 30 heavy (non-hydrogen) atoms. The number of hydrogen-bond donors (Lipinski definition) is 3. The second-order valence-corrected chi connectivity index (χ2v) is 6.99. The van der Waals surface area contributed by atoms with Crippen LogP contribution >= 0.6 is 11.6 Å². The summed E-state index contributed by atoms with van der Waals surface area (Å²) in [6.45, 7) is 5.20. The third-order valence-electron chi connectivity index (χ3n) is 4.12. The fourth-order valence-corrected chi connectivity index (χ4v) is 2.68. The Morgan fingerprint density at radius 2 is 1.77 bits per heavy atom. The average Bonchev–Trinajstić information content (AvgIpc) is 2.69. The lowest BCUT2D eigenvalue weighted by Gasteiger charge is -2.10. The third-order valence-corrected chi connectivity index (χ3v) is 4.53. The van der Waals surface area contributed by atoms with Crippen LogP contribution in [0.4, 0.5) is 11.4 Å². The van der Waals surface area contributed by atoms with Crippen molar-refractivity contribution in [3.8, 4) is 5.75 Å². The number of halogens is 1. The molecule has 0 heterocycles. The highest BCUT2D eigenvalue weighted by Gasteiger charge is 2.16. The first-order chi connectivity index (χ1) is 14.2. The number of methoxy groups -OCH3 is 1. The average molecular weight is 431 g/mol. The summed E-state index contributed by atoms with van der Waals surface area (Å²) < 4.78 is 5.16. The Kier molecular flexibility index (Phi) is 7.94. The van der Waals surface area contributed by atoms with Gasteiger partial charge in [-0.05, 0) is 56.2 Å². The van der Waals surface area contributed by atoms with Crippen molar-refractivity contribution in [1.82, 2.24) is 5.43 Å². The molecule has 0 fully saturated rings. The van der Waals surface area contributed by atoms with E-state index in [2.05, 4.69) is 21.2 Å². The van der Waals surface area contributed by atoms with Crippen molar-refractivity contribution in [3.63, 3.8) is 0 Å². The van der Waals surface area contributed by atoms with Gasteiger partial charge in [0.05, 0.1) is 19.2 Å². The Morgan fingerprint density at radius 3 is 2.47 bits per heavy atom. The number of nitrogens with zero attached hydrogens (tertiary/aromatic N) is 1. The number of benzene rings is 2. The SMILES string of the molecule is COc1ccc(C)cc1NC(=O)C(=O)NN=C(C)CC(=O)Nc1cccc(Cl)c1C. The van der Waals surface area contributed by atoms with Gasteiger partial charge in [-0.15, -0.1) is 0 Å². The van der Waals surface area contributed by atoms with E-state index in [1.54, 1.807) is 44.2 Å². The van der Waals surface area contributed by atoms with Gasteiger partial charge in [-0.2, -0.15) is 5.10 Å². The van der Waals surface area contributed by atoms with Gasteiger partial charge in [0.25, 0.3) is 0 Å². The van der Waals surface area contributed by atoms with Crippen molar-refractivity contribution in [2.45, 2.75) is 27.2 Å². The van der Waals surface area contributed by atoms with Crippen LogP contribution in [0.1, 0.15) is 24.5 Å². The van der Waals surface area contributed by atoms with Crippen LogP contribution < -0.4 is 20.8 Å². The summed E-state index contributed by atoms with van der Waals surface area (Å²) in [4.78, 5) is 36.3. The molecule has 2 aromatic rings. The molecule has 2 rings (SSSR count). The van der Waals surface area contributed by atoms with E-state index in [1.165, 1.54) is 7.11 Å². The zero-order chi connectivity index (χ0) is 22.3. The molecule has 3 N–H and O–H groups in total. The van der Waals surface area contributed by atoms with Gasteiger partial charge in [0, 0.05) is 16.4 Å². The summed E-state index contributed by atoms with van der Waals surface area (Å²) in [6.07, 6.45) is -0.0699. The molecular weight excluding hydrogens is 408 g/mol. The van der Waals surface area contributed by atoms with Crippen LogP contribution in [0.5, 0.6) is 5.75 Å². The van der Waals surface area contributed by atoms with Crippen molar-refractivity contribution in [3.05, 3.63) is 52.5 Å². The Morgan fingerprint density at radius 1 is 1.03 bits per heavy atom. The molecule has 0 saturated carbocycles. The van der Waals surface area contributed by atoms with Crippen molar-refractivity contribution < 1.29 is 19.1 Å². The number of hydrogen-bond acceptors (Lipinski definition) is 5. The Bertz CT molecular complexity index is 1000. The molecule has 2 aromatic carbocycles. The molecule has 0 atom stereocenters. The Labute approximate surface area is 179 Å². The van der Waals surface area contributed by atoms with E-state index >= 15 is 0 Å². The van der Waals surface area contributed by atoms with Crippen LogP contribution in [0.3, 0.4) is 0 Å². The van der Waals surface area contributed by atoms with Crippen LogP contribution in [0.2, 0.25) is 5.02 Å². The molecule has 0 saturated heterocycles. The number of amides is 3. The van der Waals surface area contributed by atoms with Gasteiger partial charge in [0.1, 0.15) is 5.75 Å². The van der Waals surface area contributed by atoms with E-state index in [9.17, 15) is 14.4 Å². The molecule has 0 aliphatic heterocycles. The van der Waals surface area contributed by atoms with Crippen LogP contribution in [-0.4, -0.2) is 30.5 Å². The van der Waals surface area contributed by atoms with E-state index in [-0.39, 0.29) is 12.3 Å². The zero-order valence-corrected chi connectivity index (χ0v) is 17.9. The van der Waals surface area contributed by atoms with E-state index in [0.29, 0.717) is 27.9 Å². The highest BCUT2D eigenvalue weighted by atomic mass is 35.5. The topological polar surface area (TPSA) is 109 Å². The number of rotatable bonds is 6. The maximum absolute atomic E-state index is 12.2. The standard InChI is InChI=1S/C21H23ClN4O4/c1-12-8-9-18(30-4)17(10-12)24-20(28)21(29)26-25-13(2)11-19(27)23-16-7-5-6-15(22)14(16)3/h5-10H,11H2,1-4H3,(H,23,27)(H,24,28)(H,26,29). The minimum Gasteiger partial charge on any atom is -0.495 e. The van der Waals surface area contributed by atoms with Gasteiger partial charge >= 0.3 is 11.8 Å². The molecule has 0 aliphatic rings. The number of carbonyl (C=O) groups is 3. The smallest absolute Gasteiger partial charge is 0.329 e. The third kappa shape index (κ3) is 6.31. The Hall–Kier alpha value is -3.39. The quantitative estimate of drug-likeness (QED) is 0.370. The van der Waals surface area contributed by atoms with Crippen LogP contribution in [0, 0.1) is 13.8 Å². The lowest BCUT2D eigenvalue weighted by molar-refractivity contribution is -0.136. The summed E-state index contributed by atoms with van der Waals surface area (Å²) >= 11 is 6.03. The number of anilines is 2. The molecule has 3 amide bonds. The van der Waals surface area contributed by atoms with Gasteiger partial charge in [0.2, 0.25) is 5.91 Å². The first-order valence-electron chi connectivity index (χ1n) is 9.05. The highest BCUT2D eigenvalue weighted by Crippen LogP contribution is 2.25. The Balaban J connectivity index is 1.92. The number of nitrogens with one attached hydrogen (secondary N) is 3. The van der Waals surface area contributed by atoms with E-state index < -0.39 is 11.8 Å². The maximum Gasteiger partial charge on any atom is 0.329 e. The minimum absolute atomic E-state index is 0.0699. The summed E-state index contributed by atoms with van der Waals surface area (Å²) in [7, 11) is 1.46. The van der Waals surface area contributed by atoms with Crippen LogP contribution in [0.25, 0.3) is 0 Å². The lowest BCUT2D eigenvalue weighted by Crippen LogP contribution is -2.33. The zero-order valence-electron chi connectivity index (χ0n) is 17.1. The van der Waals surface area contributed by atoms with Crippen molar-refractivity contribution in [2.75, 3.05) is 17.7 Å². The first-order valence-corrected chi connectivity index (χ1v) is 9.43. The van der Waals surface area contributed by atoms with Gasteiger partial charge in [-0.25, -0.2) is 5.43 Å². The van der Waals surface area contributed by atoms with Crippen LogP contribution in [0.15, 0.2) is 41.5 Å². The summed E-state index contributed by atoms with van der Waals surface area (Å²) in [5.74, 6) is -1.78. The van der Waals surface area contributed by atoms with Gasteiger partial charge in [0.15, 0.2) is 0 Å². The highest BCUT2D eigenvalue weighted by molar-refractivity contribution is 6.39. The van der Waals surface area contributed by atoms with E-state index in [4.69, 9.17) is 16.3 Å². The second kappa shape index (κ2) is 10.4. The number of ether oxygens (including phenoxy) is 1. The van der Waals surface area contributed by atoms with Gasteiger partial charge < -0.3 is 15.4 Å². The van der Waals surface area contributed by atoms with Crippen molar-refractivity contribution >= 4 is 46.4 Å². The summed E-state index contributed by atoms with van der Waals surface area (Å²) in [5, 5.41) is 9.56. The summed E-state index contributed by atoms with van der Waals surface area (Å²) in [6, 6.07) is 10.4. The first kappa shape index (κ1) is 22.9. The molecule has 0 spiro atoms. The molecule has 0 bridgehead atoms. The predicted molar refractivity (Wildman–Crippen MR) is 117 cm³/mol. The lowest BCUT2D eigenvalue weighted by atomic mass is 10.2. The fourth-order valence-electron chi connectivity index (χ4n) is 2.50. The molecule has 0 unspecified atom stereocenters. The van der Waals surface area contributed by atoms with E-state index in [0.717, 1.165) is 11.1 Å². The molecule has 0 aromatic heterocycles. The largest absolute Gasteiger partial charge is 0.495 e. The molecule has 8 nitrogen and oxygen atoms in total. The number of carbonyl (C=O) groups excluding carboxylic acids is 3. The molecule has 9 heteroatoms. The van der Waals surface area contributed by atoms with Gasteiger partial charge in [-0.1, -0.05) is 23.7 Å². The summed E-state index contributed by atoms with van der Waals surface area (Å²) in [5.41, 5.74) is 5.06. The van der Waals surface area contributed by atoms with Crippen molar-refractivity contribution in [2.24, 2.45) is 5.10 Å². The minimum atomic E-state index is -0.969. The number of hydrazone groups is 1. The van der Waals surface area contributed by atoms with E-state index in [1.807, 2.05) is 13.0 Å². The maximum atomic E-state index is 12.2. The molecule has 0 aliphatic carbocycles. The fraction of sp³-hybridized carbons (Fsp3) is 0.238. The normalized spacial score (nSPS) is 10.9. The molecular formula is C21H23ClN4O4.